The van der Waals surface area contributed by atoms with E-state index in [2.05, 4.69) is 41.4 Å². The highest BCUT2D eigenvalue weighted by molar-refractivity contribution is 5.25. The lowest BCUT2D eigenvalue weighted by molar-refractivity contribution is 0.305. The number of aryl methyl sites for hydroxylation is 1. The minimum Gasteiger partial charge on any atom is -0.316 e. The molecule has 0 radical (unpaired) electrons. The third-order valence-electron chi connectivity index (χ3n) is 4.12. The normalized spacial score (nSPS) is 29.6. The van der Waals surface area contributed by atoms with Gasteiger partial charge in [-0.3, -0.25) is 4.90 Å². The molecule has 2 heteroatoms. The molecule has 1 aromatic carbocycles. The maximum atomic E-state index is 3.49. The van der Waals surface area contributed by atoms with Gasteiger partial charge in [-0.25, -0.2) is 0 Å². The molecule has 0 aliphatic carbocycles. The van der Waals surface area contributed by atoms with Gasteiger partial charge in [0.25, 0.3) is 0 Å². The Bertz CT molecular complexity index is 363. The van der Waals surface area contributed by atoms with Gasteiger partial charge in [-0.1, -0.05) is 24.3 Å². The average molecular weight is 216 g/mol. The first kappa shape index (κ1) is 10.3. The molecule has 2 aliphatic heterocycles. The predicted molar refractivity (Wildman–Crippen MR) is 66.3 cm³/mol. The van der Waals surface area contributed by atoms with Crippen molar-refractivity contribution >= 4 is 0 Å². The van der Waals surface area contributed by atoms with Gasteiger partial charge in [0, 0.05) is 19.6 Å². The Kier molecular flexibility index (Phi) is 2.70. The molecule has 1 aromatic rings. The fraction of sp³-hybridized carbons (Fsp3) is 0.571. The second-order valence-electron chi connectivity index (χ2n) is 5.30. The molecule has 3 rings (SSSR count). The van der Waals surface area contributed by atoms with Gasteiger partial charge >= 0.3 is 0 Å². The molecule has 16 heavy (non-hydrogen) atoms. The number of rotatable bonds is 2. The highest BCUT2D eigenvalue weighted by Crippen LogP contribution is 2.27. The van der Waals surface area contributed by atoms with Gasteiger partial charge in [0.05, 0.1) is 0 Å². The fourth-order valence-corrected chi connectivity index (χ4v) is 3.11. The van der Waals surface area contributed by atoms with Crippen molar-refractivity contribution in [3.05, 3.63) is 35.4 Å². The Labute approximate surface area is 97.6 Å². The Morgan fingerprint density at radius 1 is 1.19 bits per heavy atom. The number of nitrogens with one attached hydrogen (secondary N) is 1. The van der Waals surface area contributed by atoms with Gasteiger partial charge in [0.2, 0.25) is 0 Å². The number of hydrogen-bond donors (Lipinski definition) is 1. The first-order chi connectivity index (χ1) is 7.83. The van der Waals surface area contributed by atoms with E-state index in [1.807, 2.05) is 0 Å². The highest BCUT2D eigenvalue weighted by Gasteiger charge is 2.35. The number of likely N-dealkylation sites (tertiary alicyclic amines) is 1. The molecule has 0 saturated carbocycles. The van der Waals surface area contributed by atoms with E-state index in [4.69, 9.17) is 0 Å². The van der Waals surface area contributed by atoms with Crippen LogP contribution in [0.15, 0.2) is 24.3 Å². The Morgan fingerprint density at radius 3 is 2.56 bits per heavy atom. The van der Waals surface area contributed by atoms with Crippen molar-refractivity contribution < 1.29 is 0 Å². The van der Waals surface area contributed by atoms with Gasteiger partial charge in [-0.15, -0.1) is 0 Å². The summed E-state index contributed by atoms with van der Waals surface area (Å²) in [6.45, 7) is 8.38. The zero-order valence-corrected chi connectivity index (χ0v) is 9.95. The van der Waals surface area contributed by atoms with E-state index >= 15 is 0 Å². The summed E-state index contributed by atoms with van der Waals surface area (Å²) >= 11 is 0. The minimum atomic E-state index is 0.906. The largest absolute Gasteiger partial charge is 0.316 e. The van der Waals surface area contributed by atoms with Crippen molar-refractivity contribution in [2.75, 3.05) is 26.2 Å². The van der Waals surface area contributed by atoms with Crippen LogP contribution in [0, 0.1) is 18.8 Å². The monoisotopic (exact) mass is 216 g/mol. The molecule has 2 atom stereocenters. The number of hydrogen-bond acceptors (Lipinski definition) is 2. The van der Waals surface area contributed by atoms with Crippen molar-refractivity contribution in [2.45, 2.75) is 13.5 Å². The van der Waals surface area contributed by atoms with Crippen LogP contribution in [0.25, 0.3) is 0 Å². The molecule has 0 amide bonds. The van der Waals surface area contributed by atoms with Crippen molar-refractivity contribution in [3.63, 3.8) is 0 Å². The third-order valence-corrected chi connectivity index (χ3v) is 4.12. The van der Waals surface area contributed by atoms with Gasteiger partial charge < -0.3 is 5.32 Å². The van der Waals surface area contributed by atoms with E-state index in [0.29, 0.717) is 0 Å². The molecule has 2 fully saturated rings. The number of benzene rings is 1. The van der Waals surface area contributed by atoms with E-state index in [1.165, 1.54) is 37.3 Å². The molecule has 0 bridgehead atoms. The Hall–Kier alpha value is -0.860. The van der Waals surface area contributed by atoms with Crippen LogP contribution < -0.4 is 5.32 Å². The van der Waals surface area contributed by atoms with E-state index < -0.39 is 0 Å². The molecule has 2 nitrogen and oxygen atoms in total. The van der Waals surface area contributed by atoms with Crippen molar-refractivity contribution in [1.82, 2.24) is 10.2 Å². The third kappa shape index (κ3) is 1.87. The molecule has 86 valence electrons. The lowest BCUT2D eigenvalue weighted by Gasteiger charge is -2.18. The summed E-state index contributed by atoms with van der Waals surface area (Å²) in [5, 5.41) is 3.49. The quantitative estimate of drug-likeness (QED) is 0.808. The van der Waals surface area contributed by atoms with Crippen LogP contribution in [-0.2, 0) is 6.54 Å². The molecule has 0 aromatic heterocycles. The first-order valence-electron chi connectivity index (χ1n) is 6.30. The Morgan fingerprint density at radius 2 is 1.88 bits per heavy atom. The van der Waals surface area contributed by atoms with Crippen molar-refractivity contribution in [3.8, 4) is 0 Å². The lowest BCUT2D eigenvalue weighted by Crippen LogP contribution is -2.25. The number of fused-ring (bicyclic) bond motifs is 1. The molecule has 0 spiro atoms. The number of nitrogens with zero attached hydrogens (tertiary/aromatic N) is 1. The molecule has 1 N–H and O–H groups in total. The minimum absolute atomic E-state index is 0.906. The maximum absolute atomic E-state index is 3.49. The topological polar surface area (TPSA) is 15.3 Å². The van der Waals surface area contributed by atoms with Crippen LogP contribution in [-0.4, -0.2) is 31.1 Å². The molecule has 2 saturated heterocycles. The summed E-state index contributed by atoms with van der Waals surface area (Å²) in [7, 11) is 0. The molecule has 2 aliphatic rings. The van der Waals surface area contributed by atoms with Crippen molar-refractivity contribution in [1.29, 1.82) is 0 Å². The second kappa shape index (κ2) is 4.19. The Balaban J connectivity index is 1.66. The lowest BCUT2D eigenvalue weighted by atomic mass is 10.0. The van der Waals surface area contributed by atoms with E-state index in [0.717, 1.165) is 18.4 Å². The van der Waals surface area contributed by atoms with Crippen LogP contribution >= 0.6 is 0 Å². The van der Waals surface area contributed by atoms with Crippen LogP contribution in [0.3, 0.4) is 0 Å². The van der Waals surface area contributed by atoms with Crippen LogP contribution in [0.5, 0.6) is 0 Å². The van der Waals surface area contributed by atoms with Gasteiger partial charge in [0.1, 0.15) is 0 Å². The summed E-state index contributed by atoms with van der Waals surface area (Å²) < 4.78 is 0. The summed E-state index contributed by atoms with van der Waals surface area (Å²) in [6, 6.07) is 8.76. The summed E-state index contributed by atoms with van der Waals surface area (Å²) in [5.74, 6) is 1.81. The average Bonchev–Trinajstić information content (AvgIpc) is 2.81. The summed E-state index contributed by atoms with van der Waals surface area (Å²) in [5.41, 5.74) is 2.92. The molecular weight excluding hydrogens is 196 g/mol. The van der Waals surface area contributed by atoms with Gasteiger partial charge in [0.15, 0.2) is 0 Å². The first-order valence-corrected chi connectivity index (χ1v) is 6.30. The standard InChI is InChI=1S/C14H20N2/c1-11-4-2-3-5-12(11)8-16-9-13-6-15-7-14(13)10-16/h2-5,13-15H,6-10H2,1H3. The van der Waals surface area contributed by atoms with Gasteiger partial charge in [-0.2, -0.15) is 0 Å². The molecule has 2 unspecified atom stereocenters. The smallest absolute Gasteiger partial charge is 0.0236 e. The maximum Gasteiger partial charge on any atom is 0.0236 e. The highest BCUT2D eigenvalue weighted by atomic mass is 15.2. The van der Waals surface area contributed by atoms with Crippen LogP contribution in [0.1, 0.15) is 11.1 Å². The van der Waals surface area contributed by atoms with Crippen molar-refractivity contribution in [2.24, 2.45) is 11.8 Å². The summed E-state index contributed by atoms with van der Waals surface area (Å²) in [4.78, 5) is 2.62. The zero-order valence-electron chi connectivity index (χ0n) is 9.95. The summed E-state index contributed by atoms with van der Waals surface area (Å²) in [6.07, 6.45) is 0. The molecule has 2 heterocycles. The fourth-order valence-electron chi connectivity index (χ4n) is 3.11. The predicted octanol–water partition coefficient (Wildman–Crippen LogP) is 1.65. The van der Waals surface area contributed by atoms with E-state index in [-0.39, 0.29) is 0 Å². The van der Waals surface area contributed by atoms with Crippen LogP contribution in [0.2, 0.25) is 0 Å². The van der Waals surface area contributed by atoms with E-state index in [9.17, 15) is 0 Å². The molecular formula is C14H20N2. The second-order valence-corrected chi connectivity index (χ2v) is 5.30. The van der Waals surface area contributed by atoms with E-state index in [1.54, 1.807) is 0 Å². The van der Waals surface area contributed by atoms with Gasteiger partial charge in [-0.05, 0) is 43.0 Å². The zero-order chi connectivity index (χ0) is 11.0. The SMILES string of the molecule is Cc1ccccc1CN1CC2CNCC2C1. The van der Waals surface area contributed by atoms with Crippen LogP contribution in [0.4, 0.5) is 0 Å².